The summed E-state index contributed by atoms with van der Waals surface area (Å²) in [5, 5.41) is 0. The van der Waals surface area contributed by atoms with Gasteiger partial charge in [-0.05, 0) is 25.0 Å². The van der Waals surface area contributed by atoms with Crippen LogP contribution in [0.15, 0.2) is 24.3 Å². The fraction of sp³-hybridized carbons (Fsp3) is 0.467. The fourth-order valence-electron chi connectivity index (χ4n) is 2.82. The summed E-state index contributed by atoms with van der Waals surface area (Å²) in [5.74, 6) is -0.956. The average molecular weight is 315 g/mol. The molecule has 1 aromatic carbocycles. The maximum Gasteiger partial charge on any atom is 0.416 e. The van der Waals surface area contributed by atoms with Crippen LogP contribution in [0.4, 0.5) is 13.2 Å². The number of methoxy groups -OCH3 is 1. The summed E-state index contributed by atoms with van der Waals surface area (Å²) in [7, 11) is 1.19. The number of hydrogen-bond acceptors (Lipinski definition) is 3. The zero-order chi connectivity index (χ0) is 16.5. The molecule has 2 atom stereocenters. The Labute approximate surface area is 125 Å². The van der Waals surface area contributed by atoms with Gasteiger partial charge in [0.2, 0.25) is 5.91 Å². The van der Waals surface area contributed by atoms with Crippen LogP contribution >= 0.6 is 0 Å². The van der Waals surface area contributed by atoms with Crippen LogP contribution in [0.5, 0.6) is 0 Å². The monoisotopic (exact) mass is 315 g/mol. The van der Waals surface area contributed by atoms with Crippen molar-refractivity contribution < 1.29 is 27.5 Å². The number of amides is 1. The average Bonchev–Trinajstić information content (AvgIpc) is 2.86. The van der Waals surface area contributed by atoms with Crippen molar-refractivity contribution in [3.63, 3.8) is 0 Å². The normalized spacial score (nSPS) is 20.1. The van der Waals surface area contributed by atoms with E-state index >= 15 is 0 Å². The van der Waals surface area contributed by atoms with Gasteiger partial charge in [-0.2, -0.15) is 13.2 Å². The number of nitrogens with zero attached hydrogens (tertiary/aromatic N) is 1. The highest BCUT2D eigenvalue weighted by molar-refractivity contribution is 5.88. The molecule has 2 unspecified atom stereocenters. The Morgan fingerprint density at radius 1 is 1.36 bits per heavy atom. The Balaban J connectivity index is 2.41. The van der Waals surface area contributed by atoms with Gasteiger partial charge < -0.3 is 9.64 Å². The molecule has 1 aromatic rings. The third-order valence-corrected chi connectivity index (χ3v) is 3.86. The molecule has 0 radical (unpaired) electrons. The van der Waals surface area contributed by atoms with Crippen molar-refractivity contribution in [2.24, 2.45) is 0 Å². The zero-order valence-corrected chi connectivity index (χ0v) is 12.2. The van der Waals surface area contributed by atoms with Gasteiger partial charge in [-0.25, -0.2) is 4.79 Å². The van der Waals surface area contributed by atoms with Crippen LogP contribution in [0.25, 0.3) is 0 Å². The molecule has 4 nitrogen and oxygen atoms in total. The van der Waals surface area contributed by atoms with E-state index in [2.05, 4.69) is 4.74 Å². The molecule has 0 saturated carbocycles. The molecule has 1 aliphatic rings. The van der Waals surface area contributed by atoms with Crippen LogP contribution in [0.3, 0.4) is 0 Å². The standard InChI is InChI=1S/C15H16F3NO3/c1-9(10-5-3-4-6-11(10)15(16,17)18)19-12(14(21)22-2)7-8-13(19)20/h3-6,9,12H,7-8H2,1-2H3. The van der Waals surface area contributed by atoms with E-state index in [1.165, 1.54) is 37.1 Å². The number of carbonyl (C=O) groups excluding carboxylic acids is 2. The summed E-state index contributed by atoms with van der Waals surface area (Å²) in [5.41, 5.74) is -0.829. The van der Waals surface area contributed by atoms with Gasteiger partial charge in [0.05, 0.1) is 18.7 Å². The van der Waals surface area contributed by atoms with Crippen molar-refractivity contribution >= 4 is 11.9 Å². The number of alkyl halides is 3. The summed E-state index contributed by atoms with van der Waals surface area (Å²) in [6, 6.07) is 3.37. The number of esters is 1. The van der Waals surface area contributed by atoms with Crippen LogP contribution in [-0.2, 0) is 20.5 Å². The lowest BCUT2D eigenvalue weighted by Gasteiger charge is -2.31. The molecule has 1 heterocycles. The molecule has 120 valence electrons. The number of rotatable bonds is 3. The van der Waals surface area contributed by atoms with Gasteiger partial charge >= 0.3 is 12.1 Å². The number of likely N-dealkylation sites (tertiary alicyclic amines) is 1. The Bertz CT molecular complexity index is 586. The van der Waals surface area contributed by atoms with Crippen molar-refractivity contribution in [3.05, 3.63) is 35.4 Å². The molecule has 2 rings (SSSR count). The van der Waals surface area contributed by atoms with Crippen molar-refractivity contribution in [3.8, 4) is 0 Å². The molecule has 0 aliphatic carbocycles. The topological polar surface area (TPSA) is 46.6 Å². The van der Waals surface area contributed by atoms with Crippen LogP contribution in [-0.4, -0.2) is 29.9 Å². The van der Waals surface area contributed by atoms with E-state index in [-0.39, 0.29) is 24.3 Å². The van der Waals surface area contributed by atoms with E-state index < -0.39 is 29.8 Å². The Hall–Kier alpha value is -2.05. The number of hydrogen-bond donors (Lipinski definition) is 0. The van der Waals surface area contributed by atoms with Crippen molar-refractivity contribution in [1.82, 2.24) is 4.90 Å². The lowest BCUT2D eigenvalue weighted by molar-refractivity contribution is -0.151. The maximum atomic E-state index is 13.1. The van der Waals surface area contributed by atoms with Crippen molar-refractivity contribution in [2.75, 3.05) is 7.11 Å². The molecular weight excluding hydrogens is 299 g/mol. The first kappa shape index (κ1) is 16.3. The van der Waals surface area contributed by atoms with E-state index in [1.54, 1.807) is 0 Å². The Morgan fingerprint density at radius 3 is 2.59 bits per heavy atom. The van der Waals surface area contributed by atoms with Gasteiger partial charge in [0.25, 0.3) is 0 Å². The Kier molecular flexibility index (Phi) is 4.44. The lowest BCUT2D eigenvalue weighted by Crippen LogP contribution is -2.41. The molecule has 22 heavy (non-hydrogen) atoms. The van der Waals surface area contributed by atoms with E-state index in [0.717, 1.165) is 6.07 Å². The molecule has 1 amide bonds. The lowest BCUT2D eigenvalue weighted by atomic mass is 9.99. The van der Waals surface area contributed by atoms with E-state index in [9.17, 15) is 22.8 Å². The van der Waals surface area contributed by atoms with Gasteiger partial charge in [0.15, 0.2) is 0 Å². The van der Waals surface area contributed by atoms with Gasteiger partial charge in [-0.3, -0.25) is 4.79 Å². The van der Waals surface area contributed by atoms with Gasteiger partial charge in [-0.15, -0.1) is 0 Å². The number of benzene rings is 1. The number of halogens is 3. The highest BCUT2D eigenvalue weighted by atomic mass is 19.4. The van der Waals surface area contributed by atoms with E-state index in [4.69, 9.17) is 0 Å². The molecule has 0 spiro atoms. The van der Waals surface area contributed by atoms with Crippen molar-refractivity contribution in [2.45, 2.75) is 38.0 Å². The maximum absolute atomic E-state index is 13.1. The molecule has 0 bridgehead atoms. The smallest absolute Gasteiger partial charge is 0.416 e. The molecule has 1 saturated heterocycles. The minimum atomic E-state index is -4.52. The molecule has 1 fully saturated rings. The molecule has 1 aliphatic heterocycles. The fourth-order valence-corrected chi connectivity index (χ4v) is 2.82. The summed E-state index contributed by atoms with van der Waals surface area (Å²) in [6.45, 7) is 1.49. The summed E-state index contributed by atoms with van der Waals surface area (Å²) < 4.78 is 44.0. The highest BCUT2D eigenvalue weighted by Gasteiger charge is 2.42. The zero-order valence-electron chi connectivity index (χ0n) is 12.2. The quantitative estimate of drug-likeness (QED) is 0.806. The summed E-state index contributed by atoms with van der Waals surface area (Å²) >= 11 is 0. The molecule has 0 N–H and O–H groups in total. The first-order chi connectivity index (χ1) is 10.3. The third-order valence-electron chi connectivity index (χ3n) is 3.86. The predicted molar refractivity (Wildman–Crippen MR) is 71.7 cm³/mol. The number of carbonyl (C=O) groups is 2. The first-order valence-corrected chi connectivity index (χ1v) is 6.82. The second-order valence-corrected chi connectivity index (χ2v) is 5.14. The molecule has 0 aromatic heterocycles. The first-order valence-electron chi connectivity index (χ1n) is 6.82. The second kappa shape index (κ2) is 5.98. The minimum absolute atomic E-state index is 0.0286. The minimum Gasteiger partial charge on any atom is -0.467 e. The molecule has 7 heteroatoms. The van der Waals surface area contributed by atoms with E-state index in [0.29, 0.717) is 0 Å². The SMILES string of the molecule is COC(=O)C1CCC(=O)N1C(C)c1ccccc1C(F)(F)F. The van der Waals surface area contributed by atoms with Crippen LogP contribution in [0.1, 0.15) is 36.9 Å². The molecular formula is C15H16F3NO3. The van der Waals surface area contributed by atoms with Crippen LogP contribution in [0.2, 0.25) is 0 Å². The van der Waals surface area contributed by atoms with Crippen LogP contribution in [0, 0.1) is 0 Å². The van der Waals surface area contributed by atoms with Gasteiger partial charge in [0, 0.05) is 6.42 Å². The second-order valence-electron chi connectivity index (χ2n) is 5.14. The Morgan fingerprint density at radius 2 is 2.00 bits per heavy atom. The van der Waals surface area contributed by atoms with E-state index in [1.807, 2.05) is 0 Å². The summed E-state index contributed by atoms with van der Waals surface area (Å²) in [6.07, 6.45) is -4.14. The predicted octanol–water partition coefficient (Wildman–Crippen LogP) is 2.93. The van der Waals surface area contributed by atoms with Gasteiger partial charge in [-0.1, -0.05) is 18.2 Å². The van der Waals surface area contributed by atoms with Crippen LogP contribution < -0.4 is 0 Å². The summed E-state index contributed by atoms with van der Waals surface area (Å²) in [4.78, 5) is 25.0. The highest BCUT2D eigenvalue weighted by Crippen LogP contribution is 2.38. The largest absolute Gasteiger partial charge is 0.467 e. The number of ether oxygens (including phenoxy) is 1. The van der Waals surface area contributed by atoms with Gasteiger partial charge in [0.1, 0.15) is 6.04 Å². The third kappa shape index (κ3) is 2.93. The van der Waals surface area contributed by atoms with Crippen molar-refractivity contribution in [1.29, 1.82) is 0 Å².